The Morgan fingerprint density at radius 1 is 0.900 bits per heavy atom. The average Bonchev–Trinajstić information content (AvgIpc) is 3.34. The van der Waals surface area contributed by atoms with Gasteiger partial charge in [0, 0.05) is 5.39 Å². The molecule has 4 nitrogen and oxygen atoms in total. The number of hydrogen-bond acceptors (Lipinski definition) is 2. The average molecular weight is 390 g/mol. The van der Waals surface area contributed by atoms with E-state index in [-0.39, 0.29) is 0 Å². The second-order valence-corrected chi connectivity index (χ2v) is 7.69. The molecule has 144 valence electrons. The lowest BCUT2D eigenvalue weighted by atomic mass is 10.1. The summed E-state index contributed by atoms with van der Waals surface area (Å²) in [6.45, 7) is 2.13. The highest BCUT2D eigenvalue weighted by molar-refractivity contribution is 5.93. The van der Waals surface area contributed by atoms with Crippen LogP contribution in [0.25, 0.3) is 50.0 Å². The maximum Gasteiger partial charge on any atom is 0.295 e. The quantitative estimate of drug-likeness (QED) is 0.354. The van der Waals surface area contributed by atoms with Gasteiger partial charge in [0.25, 0.3) is 5.82 Å². The fourth-order valence-electron chi connectivity index (χ4n) is 4.51. The minimum Gasteiger partial charge on any atom is -0.443 e. The molecule has 0 saturated carbocycles. The maximum atomic E-state index is 5.53. The van der Waals surface area contributed by atoms with E-state index in [1.807, 2.05) is 0 Å². The van der Waals surface area contributed by atoms with Crippen LogP contribution in [0.1, 0.15) is 5.56 Å². The van der Waals surface area contributed by atoms with Crippen LogP contribution in [0, 0.1) is 6.92 Å². The second-order valence-electron chi connectivity index (χ2n) is 7.69. The van der Waals surface area contributed by atoms with Crippen LogP contribution in [0.4, 0.5) is 0 Å². The van der Waals surface area contributed by atoms with Crippen LogP contribution in [0.5, 0.6) is 0 Å². The molecule has 2 heterocycles. The van der Waals surface area contributed by atoms with E-state index < -0.39 is 0 Å². The van der Waals surface area contributed by atoms with Crippen molar-refractivity contribution in [1.82, 2.24) is 9.55 Å². The van der Waals surface area contributed by atoms with Crippen LogP contribution in [0.2, 0.25) is 0 Å². The Morgan fingerprint density at radius 2 is 1.70 bits per heavy atom. The van der Waals surface area contributed by atoms with Crippen molar-refractivity contribution in [2.75, 3.05) is 0 Å². The number of rotatable bonds is 2. The molecule has 0 aliphatic carbocycles. The molecule has 0 unspecified atom stereocenters. The minimum absolute atomic E-state index is 0.812. The molecule has 0 spiro atoms. The Kier molecular flexibility index (Phi) is 3.56. The molecule has 0 atom stereocenters. The summed E-state index contributed by atoms with van der Waals surface area (Å²) in [4.78, 5) is 4.40. The lowest BCUT2D eigenvalue weighted by molar-refractivity contribution is -0.633. The molecule has 0 bridgehead atoms. The van der Waals surface area contributed by atoms with Gasteiger partial charge in [-0.2, -0.15) is 4.57 Å². The molecule has 4 heteroatoms. The smallest absolute Gasteiger partial charge is 0.295 e. The molecule has 0 aliphatic rings. The van der Waals surface area contributed by atoms with Crippen molar-refractivity contribution in [3.05, 3.63) is 90.8 Å². The van der Waals surface area contributed by atoms with Crippen molar-refractivity contribution in [2.45, 2.75) is 6.92 Å². The van der Waals surface area contributed by atoms with E-state index in [2.05, 4.69) is 107 Å². The Labute approximate surface area is 173 Å². The first-order chi connectivity index (χ1) is 14.7. The number of fused-ring (bicyclic) bond motifs is 3. The van der Waals surface area contributed by atoms with E-state index in [1.165, 1.54) is 33.9 Å². The molecule has 6 aromatic rings. The van der Waals surface area contributed by atoms with E-state index in [0.717, 1.165) is 28.1 Å². The fourth-order valence-corrected chi connectivity index (χ4v) is 4.51. The fraction of sp³-hybridized carbons (Fsp3) is 0.0769. The zero-order valence-electron chi connectivity index (χ0n) is 16.8. The van der Waals surface area contributed by atoms with Crippen molar-refractivity contribution in [3.8, 4) is 17.1 Å². The number of para-hydroxylation sites is 2. The largest absolute Gasteiger partial charge is 0.443 e. The summed E-state index contributed by atoms with van der Waals surface area (Å²) in [7, 11) is 2.13. The number of imidazole rings is 1. The van der Waals surface area contributed by atoms with Gasteiger partial charge in [0.15, 0.2) is 23.0 Å². The van der Waals surface area contributed by atoms with Gasteiger partial charge in [0.1, 0.15) is 11.2 Å². The monoisotopic (exact) mass is 390 g/mol. The van der Waals surface area contributed by atoms with Crippen molar-refractivity contribution in [1.29, 1.82) is 0 Å². The Bertz CT molecular complexity index is 1570. The van der Waals surface area contributed by atoms with Gasteiger partial charge in [-0.1, -0.05) is 48.5 Å². The number of hydrogen-bond donors (Lipinski definition) is 0. The zero-order chi connectivity index (χ0) is 20.2. The number of aryl methyl sites for hydroxylation is 2. The molecule has 2 aromatic heterocycles. The number of oxazole rings is 1. The molecule has 6 rings (SSSR count). The molecule has 0 saturated heterocycles. The summed E-state index contributed by atoms with van der Waals surface area (Å²) in [6, 6.07) is 27.8. The zero-order valence-corrected chi connectivity index (χ0v) is 16.8. The van der Waals surface area contributed by atoms with Crippen molar-refractivity contribution < 1.29 is 8.98 Å². The molecule has 0 fully saturated rings. The van der Waals surface area contributed by atoms with Gasteiger partial charge >= 0.3 is 0 Å². The lowest BCUT2D eigenvalue weighted by Crippen LogP contribution is -2.30. The molecular formula is C26H20N3O+. The van der Waals surface area contributed by atoms with E-state index in [9.17, 15) is 0 Å². The van der Waals surface area contributed by atoms with Crippen LogP contribution < -0.4 is 4.57 Å². The maximum absolute atomic E-state index is 5.53. The highest BCUT2D eigenvalue weighted by Crippen LogP contribution is 2.33. The van der Waals surface area contributed by atoms with E-state index >= 15 is 0 Å². The first kappa shape index (κ1) is 17.0. The Hall–Kier alpha value is -3.92. The summed E-state index contributed by atoms with van der Waals surface area (Å²) in [5.41, 5.74) is 7.49. The number of benzene rings is 4. The molecular weight excluding hydrogens is 370 g/mol. The van der Waals surface area contributed by atoms with Crippen LogP contribution >= 0.6 is 0 Å². The minimum atomic E-state index is 0.812. The summed E-state index contributed by atoms with van der Waals surface area (Å²) in [5.74, 6) is 1.12. The molecule has 0 N–H and O–H groups in total. The van der Waals surface area contributed by atoms with Crippen LogP contribution in [0.15, 0.2) is 89.7 Å². The highest BCUT2D eigenvalue weighted by Gasteiger charge is 2.28. The Balaban J connectivity index is 1.79. The summed E-state index contributed by atoms with van der Waals surface area (Å²) >= 11 is 0. The van der Waals surface area contributed by atoms with E-state index in [0.29, 0.717) is 0 Å². The summed E-state index contributed by atoms with van der Waals surface area (Å²) < 4.78 is 10.2. The van der Waals surface area contributed by atoms with Gasteiger partial charge in [-0.05, 0) is 48.2 Å². The van der Waals surface area contributed by atoms with E-state index in [1.54, 1.807) is 0 Å². The predicted octanol–water partition coefficient (Wildman–Crippen LogP) is 5.72. The number of nitrogens with zero attached hydrogens (tertiary/aromatic N) is 3. The summed E-state index contributed by atoms with van der Waals surface area (Å²) in [5, 5.41) is 2.45. The van der Waals surface area contributed by atoms with Crippen LogP contribution in [-0.4, -0.2) is 9.55 Å². The topological polar surface area (TPSA) is 34.8 Å². The molecule has 0 amide bonds. The van der Waals surface area contributed by atoms with Gasteiger partial charge in [0.05, 0.1) is 12.6 Å². The van der Waals surface area contributed by atoms with Crippen molar-refractivity contribution in [3.63, 3.8) is 0 Å². The van der Waals surface area contributed by atoms with Gasteiger partial charge in [-0.3, -0.25) is 0 Å². The normalized spacial score (nSPS) is 11.7. The first-order valence-electron chi connectivity index (χ1n) is 10.0. The van der Waals surface area contributed by atoms with E-state index in [4.69, 9.17) is 4.42 Å². The molecule has 30 heavy (non-hydrogen) atoms. The van der Waals surface area contributed by atoms with Crippen molar-refractivity contribution in [2.24, 2.45) is 7.05 Å². The Morgan fingerprint density at radius 3 is 2.63 bits per heavy atom. The van der Waals surface area contributed by atoms with Gasteiger partial charge in [-0.25, -0.2) is 9.55 Å². The van der Waals surface area contributed by atoms with Crippen molar-refractivity contribution >= 4 is 32.9 Å². The predicted molar refractivity (Wildman–Crippen MR) is 120 cm³/mol. The third-order valence-corrected chi connectivity index (χ3v) is 5.94. The first-order valence-corrected chi connectivity index (χ1v) is 10.0. The molecule has 4 aromatic carbocycles. The highest BCUT2D eigenvalue weighted by atomic mass is 16.3. The van der Waals surface area contributed by atoms with Gasteiger partial charge < -0.3 is 4.42 Å². The standard InChI is InChI=1S/C26H20N3O/c1-17-14-25-21(27-16-30-25)15-20(17)26-28(2)23-11-5-6-12-24(23)29(26)22-13-7-9-18-8-3-4-10-19(18)22/h3-16H,1-2H3/q+1. The SMILES string of the molecule is Cc1cc2ocnc2cc1-c1n(-c2cccc3ccccc23)c2ccccc2[n+]1C. The van der Waals surface area contributed by atoms with Crippen LogP contribution in [-0.2, 0) is 7.05 Å². The van der Waals surface area contributed by atoms with Gasteiger partial charge in [0.2, 0.25) is 0 Å². The summed E-state index contributed by atoms with van der Waals surface area (Å²) in [6.07, 6.45) is 1.51. The van der Waals surface area contributed by atoms with Gasteiger partial charge in [-0.15, -0.1) is 0 Å². The molecule has 0 aliphatic heterocycles. The lowest BCUT2D eigenvalue weighted by Gasteiger charge is -2.09. The second kappa shape index (κ2) is 6.29. The number of aromatic nitrogens is 3. The third kappa shape index (κ3) is 2.34. The van der Waals surface area contributed by atoms with Crippen LogP contribution in [0.3, 0.4) is 0 Å². The molecule has 0 radical (unpaired) electrons. The third-order valence-electron chi connectivity index (χ3n) is 5.94.